The molecule has 8 nitrogen and oxygen atoms in total. The lowest BCUT2D eigenvalue weighted by Crippen LogP contribution is -2.30. The third-order valence-corrected chi connectivity index (χ3v) is 10.8. The molecule has 3 amide bonds. The fraction of sp³-hybridized carbons (Fsp3) is 0.278. The molecule has 0 saturated carbocycles. The Hall–Kier alpha value is -4.19. The lowest BCUT2D eigenvalue weighted by Gasteiger charge is -2.33. The van der Waals surface area contributed by atoms with Gasteiger partial charge < -0.3 is 20.7 Å². The highest BCUT2D eigenvalue weighted by Crippen LogP contribution is 2.44. The van der Waals surface area contributed by atoms with Gasteiger partial charge in [-0.05, 0) is 95.0 Å². The normalized spacial score (nSPS) is 14.6. The fourth-order valence-electron chi connectivity index (χ4n) is 5.37. The summed E-state index contributed by atoms with van der Waals surface area (Å²) in [5, 5.41) is 12.9. The van der Waals surface area contributed by atoms with E-state index >= 15 is 0 Å². The Morgan fingerprint density at radius 1 is 1.02 bits per heavy atom. The van der Waals surface area contributed by atoms with Crippen LogP contribution in [0.5, 0.6) is 0 Å². The van der Waals surface area contributed by atoms with E-state index in [1.54, 1.807) is 48.5 Å². The molecule has 4 aromatic rings. The zero-order chi connectivity index (χ0) is 33.6. The summed E-state index contributed by atoms with van der Waals surface area (Å²) in [5.74, 6) is -0.963. The molecule has 2 aromatic carbocycles. The van der Waals surface area contributed by atoms with Crippen LogP contribution in [-0.4, -0.2) is 36.6 Å². The summed E-state index contributed by atoms with van der Waals surface area (Å²) in [6, 6.07) is 17.7. The number of nitrogens with one attached hydrogen (secondary N) is 3. The summed E-state index contributed by atoms with van der Waals surface area (Å²) < 4.78 is 5.09. The summed E-state index contributed by atoms with van der Waals surface area (Å²) in [6.07, 6.45) is 4.26. The number of carbonyl (C=O) groups is 4. The predicted octanol–water partition coefficient (Wildman–Crippen LogP) is 7.89. The van der Waals surface area contributed by atoms with Gasteiger partial charge in [-0.3, -0.25) is 14.4 Å². The number of hydrogen-bond donors (Lipinski definition) is 3. The van der Waals surface area contributed by atoms with Crippen molar-refractivity contribution in [3.8, 4) is 0 Å². The van der Waals surface area contributed by atoms with E-state index in [1.165, 1.54) is 41.5 Å². The Bertz CT molecular complexity index is 1790. The third kappa shape index (κ3) is 8.79. The first kappa shape index (κ1) is 34.2. The molecule has 5 rings (SSSR count). The Kier molecular flexibility index (Phi) is 11.0. The lowest BCUT2D eigenvalue weighted by atomic mass is 9.72. The molecule has 2 heterocycles. The standard InChI is InChI=1S/C36H37N3O5S3/c1-36(2,3)24-13-14-27-29(18-24)47-34(31(27)35(43)44-4)39-30(40)21-46-26-12-8-11-25(19-26)37-33(42)28(17-22-15-16-45-20-22)38-32(41)23-9-6-5-7-10-23/h5-12,15-17,19-20,24H,13-14,18,21H2,1-4H3,(H,37,42)(H,38,41)(H,39,40)/b28-17-. The number of rotatable bonds is 10. The van der Waals surface area contributed by atoms with E-state index in [4.69, 9.17) is 4.74 Å². The van der Waals surface area contributed by atoms with Crippen LogP contribution in [-0.2, 0) is 27.2 Å². The van der Waals surface area contributed by atoms with Crippen molar-refractivity contribution in [3.05, 3.63) is 104 Å². The summed E-state index contributed by atoms with van der Waals surface area (Å²) in [6.45, 7) is 6.72. The minimum Gasteiger partial charge on any atom is -0.465 e. The van der Waals surface area contributed by atoms with Gasteiger partial charge in [-0.1, -0.05) is 45.0 Å². The van der Waals surface area contributed by atoms with Gasteiger partial charge in [0.2, 0.25) is 5.91 Å². The quantitative estimate of drug-likeness (QED) is 0.0888. The van der Waals surface area contributed by atoms with Gasteiger partial charge in [0.1, 0.15) is 10.7 Å². The molecule has 1 unspecified atom stereocenters. The zero-order valence-corrected chi connectivity index (χ0v) is 29.1. The van der Waals surface area contributed by atoms with Crippen molar-refractivity contribution in [2.24, 2.45) is 11.3 Å². The second kappa shape index (κ2) is 15.1. The molecule has 244 valence electrons. The van der Waals surface area contributed by atoms with E-state index in [2.05, 4.69) is 36.7 Å². The second-order valence-corrected chi connectivity index (χ2v) is 15.2. The Morgan fingerprint density at radius 3 is 2.51 bits per heavy atom. The minimum absolute atomic E-state index is 0.0988. The molecule has 0 radical (unpaired) electrons. The number of hydrogen-bond acceptors (Lipinski definition) is 8. The minimum atomic E-state index is -0.480. The van der Waals surface area contributed by atoms with Crippen LogP contribution in [0.15, 0.2) is 82.0 Å². The second-order valence-electron chi connectivity index (χ2n) is 12.3. The molecule has 47 heavy (non-hydrogen) atoms. The average Bonchev–Trinajstić information content (AvgIpc) is 3.70. The van der Waals surface area contributed by atoms with E-state index in [0.29, 0.717) is 27.7 Å². The number of methoxy groups -OCH3 is 1. The number of fused-ring (bicyclic) bond motifs is 1. The van der Waals surface area contributed by atoms with Crippen molar-refractivity contribution in [2.75, 3.05) is 23.5 Å². The van der Waals surface area contributed by atoms with Gasteiger partial charge in [-0.2, -0.15) is 11.3 Å². The predicted molar refractivity (Wildman–Crippen MR) is 191 cm³/mol. The average molecular weight is 688 g/mol. The fourth-order valence-corrected chi connectivity index (χ4v) is 8.08. The van der Waals surface area contributed by atoms with E-state index in [1.807, 2.05) is 29.0 Å². The summed E-state index contributed by atoms with van der Waals surface area (Å²) >= 11 is 4.26. The Labute approximate surface area is 287 Å². The van der Waals surface area contributed by atoms with E-state index in [9.17, 15) is 19.2 Å². The molecule has 2 aromatic heterocycles. The molecule has 1 aliphatic rings. The van der Waals surface area contributed by atoms with Crippen molar-refractivity contribution < 1.29 is 23.9 Å². The van der Waals surface area contributed by atoms with Gasteiger partial charge in [0.25, 0.3) is 11.8 Å². The smallest absolute Gasteiger partial charge is 0.341 e. The molecule has 0 aliphatic heterocycles. The maximum absolute atomic E-state index is 13.4. The summed E-state index contributed by atoms with van der Waals surface area (Å²) in [5.41, 5.74) is 3.44. The van der Waals surface area contributed by atoms with Crippen LogP contribution in [0.1, 0.15) is 63.9 Å². The van der Waals surface area contributed by atoms with Gasteiger partial charge in [0.15, 0.2) is 0 Å². The number of amides is 3. The molecule has 0 bridgehead atoms. The van der Waals surface area contributed by atoms with Gasteiger partial charge in [0, 0.05) is 21.0 Å². The van der Waals surface area contributed by atoms with Gasteiger partial charge in [0.05, 0.1) is 18.4 Å². The first-order valence-corrected chi connectivity index (χ1v) is 17.9. The lowest BCUT2D eigenvalue weighted by molar-refractivity contribution is -0.114. The molecule has 11 heteroatoms. The van der Waals surface area contributed by atoms with Gasteiger partial charge >= 0.3 is 5.97 Å². The third-order valence-electron chi connectivity index (χ3n) is 7.98. The molecule has 1 atom stereocenters. The van der Waals surface area contributed by atoms with Crippen LogP contribution in [0.4, 0.5) is 10.7 Å². The highest BCUT2D eigenvalue weighted by Gasteiger charge is 2.34. The highest BCUT2D eigenvalue weighted by molar-refractivity contribution is 8.00. The first-order chi connectivity index (χ1) is 22.5. The number of carbonyl (C=O) groups excluding carboxylic acids is 4. The number of thiophene rings is 2. The SMILES string of the molecule is COC(=O)c1c(NC(=O)CSc2cccc(NC(=O)/C(=C/c3ccsc3)NC(=O)c3ccccc3)c2)sc2c1CCC(C(C)(C)C)C2. The molecular formula is C36H37N3O5S3. The molecule has 3 N–H and O–H groups in total. The maximum atomic E-state index is 13.4. The van der Waals surface area contributed by atoms with E-state index < -0.39 is 17.8 Å². The summed E-state index contributed by atoms with van der Waals surface area (Å²) in [7, 11) is 1.36. The Balaban J connectivity index is 1.24. The van der Waals surface area contributed by atoms with Crippen LogP contribution in [0.25, 0.3) is 6.08 Å². The van der Waals surface area contributed by atoms with Crippen molar-refractivity contribution >= 4 is 74.9 Å². The number of ether oxygens (including phenoxy) is 1. The largest absolute Gasteiger partial charge is 0.465 e. The van der Waals surface area contributed by atoms with E-state index in [0.717, 1.165) is 40.2 Å². The van der Waals surface area contributed by atoms with Crippen LogP contribution in [0, 0.1) is 11.3 Å². The van der Waals surface area contributed by atoms with Gasteiger partial charge in [-0.25, -0.2) is 4.79 Å². The zero-order valence-electron chi connectivity index (χ0n) is 26.7. The number of esters is 1. The van der Waals surface area contributed by atoms with Crippen molar-refractivity contribution in [3.63, 3.8) is 0 Å². The number of benzene rings is 2. The van der Waals surface area contributed by atoms with E-state index in [-0.39, 0.29) is 22.8 Å². The molecule has 0 fully saturated rings. The molecule has 1 aliphatic carbocycles. The monoisotopic (exact) mass is 687 g/mol. The molecule has 0 spiro atoms. The highest BCUT2D eigenvalue weighted by atomic mass is 32.2. The first-order valence-electron chi connectivity index (χ1n) is 15.2. The van der Waals surface area contributed by atoms with Crippen molar-refractivity contribution in [2.45, 2.75) is 44.9 Å². The summed E-state index contributed by atoms with van der Waals surface area (Å²) in [4.78, 5) is 54.0. The number of anilines is 2. The van der Waals surface area contributed by atoms with Crippen LogP contribution in [0.2, 0.25) is 0 Å². The maximum Gasteiger partial charge on any atom is 0.341 e. The van der Waals surface area contributed by atoms with Crippen molar-refractivity contribution in [1.82, 2.24) is 5.32 Å². The van der Waals surface area contributed by atoms with Crippen LogP contribution in [0.3, 0.4) is 0 Å². The topological polar surface area (TPSA) is 114 Å². The Morgan fingerprint density at radius 2 is 1.81 bits per heavy atom. The number of thioether (sulfide) groups is 1. The van der Waals surface area contributed by atoms with Crippen molar-refractivity contribution in [1.29, 1.82) is 0 Å². The molecular weight excluding hydrogens is 651 g/mol. The van der Waals surface area contributed by atoms with Crippen LogP contribution >= 0.6 is 34.4 Å². The molecule has 0 saturated heterocycles. The van der Waals surface area contributed by atoms with Gasteiger partial charge in [-0.15, -0.1) is 23.1 Å². The van der Waals surface area contributed by atoms with Crippen LogP contribution < -0.4 is 16.0 Å².